The van der Waals surface area contributed by atoms with Gasteiger partial charge in [0.2, 0.25) is 5.91 Å². The fourth-order valence-electron chi connectivity index (χ4n) is 3.51. The Morgan fingerprint density at radius 3 is 2.85 bits per heavy atom. The van der Waals surface area contributed by atoms with Crippen molar-refractivity contribution in [3.8, 4) is 0 Å². The van der Waals surface area contributed by atoms with E-state index >= 15 is 0 Å². The van der Waals surface area contributed by atoms with Crippen LogP contribution < -0.4 is 10.6 Å². The molecule has 3 heterocycles. The molecule has 4 amide bonds. The van der Waals surface area contributed by atoms with E-state index in [1.807, 2.05) is 19.2 Å². The van der Waals surface area contributed by atoms with Crippen molar-refractivity contribution in [1.82, 2.24) is 20.1 Å². The van der Waals surface area contributed by atoms with Gasteiger partial charge in [-0.3, -0.25) is 14.5 Å². The van der Waals surface area contributed by atoms with Crippen LogP contribution in [0.4, 0.5) is 10.6 Å². The number of urea groups is 1. The lowest BCUT2D eigenvalue weighted by Crippen LogP contribution is -2.47. The first-order chi connectivity index (χ1) is 12.3. The van der Waals surface area contributed by atoms with Gasteiger partial charge in [0.25, 0.3) is 5.91 Å². The van der Waals surface area contributed by atoms with Crippen molar-refractivity contribution in [2.75, 3.05) is 32.0 Å². The van der Waals surface area contributed by atoms with Crippen molar-refractivity contribution in [2.45, 2.75) is 38.1 Å². The van der Waals surface area contributed by atoms with Crippen LogP contribution in [0.3, 0.4) is 0 Å². The summed E-state index contributed by atoms with van der Waals surface area (Å²) in [5, 5.41) is 5.63. The van der Waals surface area contributed by atoms with Crippen LogP contribution in [0.2, 0.25) is 0 Å². The first kappa shape index (κ1) is 18.2. The zero-order chi connectivity index (χ0) is 18.9. The smallest absolute Gasteiger partial charge is 0.325 e. The normalized spacial score (nSPS) is 22.3. The topological polar surface area (TPSA) is 94.6 Å². The number of rotatable bonds is 4. The van der Waals surface area contributed by atoms with E-state index in [0.29, 0.717) is 13.1 Å². The van der Waals surface area contributed by atoms with Gasteiger partial charge in [0.05, 0.1) is 0 Å². The van der Waals surface area contributed by atoms with E-state index in [1.54, 1.807) is 24.9 Å². The lowest BCUT2D eigenvalue weighted by atomic mass is 9.91. The molecule has 2 N–H and O–H groups in total. The third-order valence-corrected chi connectivity index (χ3v) is 5.02. The number of nitrogens with one attached hydrogen (secondary N) is 2. The second-order valence-corrected chi connectivity index (χ2v) is 7.35. The fourth-order valence-corrected chi connectivity index (χ4v) is 3.51. The summed E-state index contributed by atoms with van der Waals surface area (Å²) in [6.45, 7) is 4.29. The lowest BCUT2D eigenvalue weighted by Gasteiger charge is -2.33. The van der Waals surface area contributed by atoms with Crippen LogP contribution in [0.1, 0.15) is 38.2 Å². The zero-order valence-electron chi connectivity index (χ0n) is 15.4. The number of pyridine rings is 1. The summed E-state index contributed by atoms with van der Waals surface area (Å²) in [6.07, 6.45) is 3.64. The lowest BCUT2D eigenvalue weighted by molar-refractivity contribution is -0.139. The summed E-state index contributed by atoms with van der Waals surface area (Å²) in [6, 6.07) is 3.47. The van der Waals surface area contributed by atoms with E-state index in [4.69, 9.17) is 0 Å². The molecule has 1 aromatic rings. The Kier molecular flexibility index (Phi) is 4.84. The summed E-state index contributed by atoms with van der Waals surface area (Å²) in [7, 11) is 1.82. The second kappa shape index (κ2) is 6.93. The minimum absolute atomic E-state index is 0.196. The van der Waals surface area contributed by atoms with Gasteiger partial charge in [-0.2, -0.15) is 0 Å². The quantitative estimate of drug-likeness (QED) is 0.787. The molecule has 0 bridgehead atoms. The number of carbonyl (C=O) groups is 3. The Balaban J connectivity index is 1.67. The van der Waals surface area contributed by atoms with E-state index in [0.717, 1.165) is 29.1 Å². The van der Waals surface area contributed by atoms with Crippen molar-refractivity contribution in [1.29, 1.82) is 0 Å². The molecule has 1 atom stereocenters. The minimum Gasteiger partial charge on any atom is -0.373 e. The van der Waals surface area contributed by atoms with Crippen LogP contribution in [-0.4, -0.2) is 64.9 Å². The highest BCUT2D eigenvalue weighted by atomic mass is 16.2. The van der Waals surface area contributed by atoms with Gasteiger partial charge in [0.15, 0.2) is 0 Å². The first-order valence-electron chi connectivity index (χ1n) is 8.87. The highest BCUT2D eigenvalue weighted by molar-refractivity contribution is 6.08. The number of hydrogen-bond donors (Lipinski definition) is 2. The average Bonchev–Trinajstić information content (AvgIpc) is 2.83. The van der Waals surface area contributed by atoms with Gasteiger partial charge < -0.3 is 15.5 Å². The summed E-state index contributed by atoms with van der Waals surface area (Å²) < 4.78 is 0. The number of carbonyl (C=O) groups excluding carboxylic acids is 3. The molecular weight excluding hydrogens is 334 g/mol. The number of anilines is 1. The average molecular weight is 359 g/mol. The van der Waals surface area contributed by atoms with Gasteiger partial charge in [-0.15, -0.1) is 0 Å². The van der Waals surface area contributed by atoms with Crippen LogP contribution in [0, 0.1) is 0 Å². The molecule has 0 radical (unpaired) electrons. The summed E-state index contributed by atoms with van der Waals surface area (Å²) >= 11 is 0. The predicted octanol–water partition coefficient (Wildman–Crippen LogP) is 1.16. The van der Waals surface area contributed by atoms with Crippen molar-refractivity contribution < 1.29 is 14.4 Å². The SMILES string of the molecule is CNc1cc(C2CCCN(C(=O)CN3C(=O)NC(C)(C)C3=O)C2)ccn1. The van der Waals surface area contributed by atoms with E-state index in [1.165, 1.54) is 0 Å². The molecule has 1 unspecified atom stereocenters. The number of amides is 4. The van der Waals surface area contributed by atoms with E-state index in [-0.39, 0.29) is 24.3 Å². The summed E-state index contributed by atoms with van der Waals surface area (Å²) in [5.74, 6) is 0.464. The summed E-state index contributed by atoms with van der Waals surface area (Å²) in [5.41, 5.74) is 0.181. The molecule has 2 aliphatic rings. The van der Waals surface area contributed by atoms with E-state index < -0.39 is 11.6 Å². The van der Waals surface area contributed by atoms with Crippen LogP contribution in [-0.2, 0) is 9.59 Å². The van der Waals surface area contributed by atoms with Crippen LogP contribution >= 0.6 is 0 Å². The molecule has 2 aliphatic heterocycles. The molecule has 3 rings (SSSR count). The Hall–Kier alpha value is -2.64. The maximum absolute atomic E-state index is 12.7. The van der Waals surface area contributed by atoms with E-state index in [9.17, 15) is 14.4 Å². The Morgan fingerprint density at radius 2 is 2.19 bits per heavy atom. The molecule has 2 saturated heterocycles. The monoisotopic (exact) mass is 359 g/mol. The summed E-state index contributed by atoms with van der Waals surface area (Å²) in [4.78, 5) is 43.9. The van der Waals surface area contributed by atoms with E-state index in [2.05, 4.69) is 15.6 Å². The maximum Gasteiger partial charge on any atom is 0.325 e. The Morgan fingerprint density at radius 1 is 1.42 bits per heavy atom. The fraction of sp³-hybridized carbons (Fsp3) is 0.556. The zero-order valence-corrected chi connectivity index (χ0v) is 15.4. The van der Waals surface area contributed by atoms with Gasteiger partial charge in [0, 0.05) is 32.3 Å². The third kappa shape index (κ3) is 3.49. The predicted molar refractivity (Wildman–Crippen MR) is 96.7 cm³/mol. The highest BCUT2D eigenvalue weighted by Crippen LogP contribution is 2.28. The molecule has 2 fully saturated rings. The molecule has 1 aromatic heterocycles. The van der Waals surface area contributed by atoms with Crippen molar-refractivity contribution >= 4 is 23.7 Å². The van der Waals surface area contributed by atoms with Gasteiger partial charge in [-0.05, 0) is 44.4 Å². The number of imide groups is 1. The van der Waals surface area contributed by atoms with Crippen molar-refractivity contribution in [2.24, 2.45) is 0 Å². The number of aromatic nitrogens is 1. The van der Waals surface area contributed by atoms with Gasteiger partial charge in [-0.1, -0.05) is 0 Å². The molecule has 0 spiro atoms. The molecule has 26 heavy (non-hydrogen) atoms. The number of likely N-dealkylation sites (tertiary alicyclic amines) is 1. The Bertz CT molecular complexity index is 733. The van der Waals surface area contributed by atoms with Gasteiger partial charge in [0.1, 0.15) is 17.9 Å². The molecule has 140 valence electrons. The van der Waals surface area contributed by atoms with Gasteiger partial charge >= 0.3 is 6.03 Å². The first-order valence-corrected chi connectivity index (χ1v) is 8.87. The van der Waals surface area contributed by atoms with Crippen molar-refractivity contribution in [3.05, 3.63) is 23.9 Å². The third-order valence-electron chi connectivity index (χ3n) is 5.02. The number of piperidine rings is 1. The molecule has 0 saturated carbocycles. The minimum atomic E-state index is -0.956. The Labute approximate surface area is 152 Å². The molecule has 0 aromatic carbocycles. The standard InChI is InChI=1S/C18H25N5O3/c1-18(2)16(25)23(17(26)21-18)11-15(24)22-8-4-5-13(10-22)12-6-7-20-14(9-12)19-3/h6-7,9,13H,4-5,8,10-11H2,1-3H3,(H,19,20)(H,21,26). The molecular formula is C18H25N5O3. The largest absolute Gasteiger partial charge is 0.373 e. The maximum atomic E-state index is 12.7. The number of hydrogen-bond acceptors (Lipinski definition) is 5. The molecule has 8 heteroatoms. The second-order valence-electron chi connectivity index (χ2n) is 7.35. The van der Waals surface area contributed by atoms with Crippen LogP contribution in [0.15, 0.2) is 18.3 Å². The van der Waals surface area contributed by atoms with Crippen LogP contribution in [0.5, 0.6) is 0 Å². The molecule has 0 aliphatic carbocycles. The van der Waals surface area contributed by atoms with Gasteiger partial charge in [-0.25, -0.2) is 9.78 Å². The molecule has 8 nitrogen and oxygen atoms in total. The highest BCUT2D eigenvalue weighted by Gasteiger charge is 2.45. The number of nitrogens with zero attached hydrogens (tertiary/aromatic N) is 3. The van der Waals surface area contributed by atoms with Crippen LogP contribution in [0.25, 0.3) is 0 Å². The van der Waals surface area contributed by atoms with Crippen molar-refractivity contribution in [3.63, 3.8) is 0 Å².